The second-order valence-corrected chi connectivity index (χ2v) is 4.41. The number of nitrogens with zero attached hydrogens (tertiary/aromatic N) is 4. The first kappa shape index (κ1) is 15.1. The number of non-ortho nitro benzene ring substituents is 1. The molecule has 1 amide bonds. The standard InChI is InChI=1S/C12H11N5O5/c1-8-6-12(17(21)22)15(14-8)7-11(18)13-9-2-4-10(5-3-9)16(19)20/h2-6H,7H2,1H3,(H,13,18). The van der Waals surface area contributed by atoms with Crippen LogP contribution in [0.15, 0.2) is 30.3 Å². The summed E-state index contributed by atoms with van der Waals surface area (Å²) in [5.41, 5.74) is 0.674. The highest BCUT2D eigenvalue weighted by molar-refractivity contribution is 5.90. The number of nitro groups is 2. The maximum absolute atomic E-state index is 11.9. The molecule has 0 spiro atoms. The van der Waals surface area contributed by atoms with Crippen molar-refractivity contribution in [3.8, 4) is 0 Å². The highest BCUT2D eigenvalue weighted by Gasteiger charge is 2.19. The van der Waals surface area contributed by atoms with Crippen LogP contribution in [-0.4, -0.2) is 25.5 Å². The van der Waals surface area contributed by atoms with Gasteiger partial charge in [0, 0.05) is 17.8 Å². The molecule has 114 valence electrons. The van der Waals surface area contributed by atoms with Gasteiger partial charge in [0.05, 0.1) is 16.7 Å². The van der Waals surface area contributed by atoms with Crippen molar-refractivity contribution < 1.29 is 14.6 Å². The summed E-state index contributed by atoms with van der Waals surface area (Å²) in [6, 6.07) is 6.50. The van der Waals surface area contributed by atoms with E-state index in [0.717, 1.165) is 4.68 Å². The molecule has 0 aliphatic carbocycles. The Morgan fingerprint density at radius 1 is 1.23 bits per heavy atom. The Kier molecular flexibility index (Phi) is 4.11. The SMILES string of the molecule is Cc1cc([N+](=O)[O-])n(CC(=O)Nc2ccc([N+](=O)[O-])cc2)n1. The number of aryl methyl sites for hydroxylation is 1. The van der Waals surface area contributed by atoms with Gasteiger partial charge in [-0.3, -0.25) is 14.9 Å². The van der Waals surface area contributed by atoms with Crippen LogP contribution >= 0.6 is 0 Å². The van der Waals surface area contributed by atoms with Gasteiger partial charge in [-0.1, -0.05) is 5.10 Å². The number of rotatable bonds is 5. The molecular weight excluding hydrogens is 294 g/mol. The fraction of sp³-hybridized carbons (Fsp3) is 0.167. The summed E-state index contributed by atoms with van der Waals surface area (Å²) < 4.78 is 0.982. The highest BCUT2D eigenvalue weighted by Crippen LogP contribution is 2.16. The van der Waals surface area contributed by atoms with E-state index in [0.29, 0.717) is 11.4 Å². The van der Waals surface area contributed by atoms with Crippen LogP contribution in [0.3, 0.4) is 0 Å². The molecular formula is C12H11N5O5. The van der Waals surface area contributed by atoms with Crippen LogP contribution in [0.5, 0.6) is 0 Å². The molecule has 1 heterocycles. The molecule has 2 rings (SSSR count). The third-order valence-electron chi connectivity index (χ3n) is 2.72. The summed E-state index contributed by atoms with van der Waals surface area (Å²) in [6.45, 7) is 1.25. The van der Waals surface area contributed by atoms with E-state index >= 15 is 0 Å². The maximum atomic E-state index is 11.9. The Hall–Kier alpha value is -3.30. The number of nitrogens with one attached hydrogen (secondary N) is 1. The van der Waals surface area contributed by atoms with Gasteiger partial charge in [-0.15, -0.1) is 4.68 Å². The molecule has 0 fully saturated rings. The Morgan fingerprint density at radius 3 is 2.41 bits per heavy atom. The number of amides is 1. The number of hydrogen-bond donors (Lipinski definition) is 1. The van der Waals surface area contributed by atoms with E-state index < -0.39 is 15.8 Å². The summed E-state index contributed by atoms with van der Waals surface area (Å²) in [6.07, 6.45) is 0. The number of nitro benzene ring substituents is 1. The summed E-state index contributed by atoms with van der Waals surface area (Å²) in [5, 5.41) is 27.7. The lowest BCUT2D eigenvalue weighted by molar-refractivity contribution is -0.392. The van der Waals surface area contributed by atoms with Crippen molar-refractivity contribution >= 4 is 23.1 Å². The maximum Gasteiger partial charge on any atom is 0.345 e. The first-order chi connectivity index (χ1) is 10.4. The van der Waals surface area contributed by atoms with Crippen molar-refractivity contribution in [2.24, 2.45) is 0 Å². The van der Waals surface area contributed by atoms with E-state index in [4.69, 9.17) is 0 Å². The number of aromatic nitrogens is 2. The van der Waals surface area contributed by atoms with Gasteiger partial charge in [-0.05, 0) is 24.0 Å². The van der Waals surface area contributed by atoms with Gasteiger partial charge in [-0.25, -0.2) is 0 Å². The van der Waals surface area contributed by atoms with Crippen LogP contribution in [0, 0.1) is 27.2 Å². The smallest absolute Gasteiger partial charge is 0.345 e. The van der Waals surface area contributed by atoms with Gasteiger partial charge in [-0.2, -0.15) is 0 Å². The molecule has 0 saturated carbocycles. The van der Waals surface area contributed by atoms with Gasteiger partial charge in [0.1, 0.15) is 0 Å². The molecule has 1 N–H and O–H groups in total. The van der Waals surface area contributed by atoms with Crippen LogP contribution in [0.1, 0.15) is 5.69 Å². The molecule has 2 aromatic rings. The van der Waals surface area contributed by atoms with Gasteiger partial charge in [0.2, 0.25) is 0 Å². The van der Waals surface area contributed by atoms with Crippen LogP contribution in [-0.2, 0) is 11.3 Å². The molecule has 0 radical (unpaired) electrons. The predicted molar refractivity (Wildman–Crippen MR) is 75.3 cm³/mol. The van der Waals surface area contributed by atoms with Gasteiger partial charge >= 0.3 is 5.82 Å². The van der Waals surface area contributed by atoms with E-state index in [1.807, 2.05) is 0 Å². The minimum absolute atomic E-state index is 0.101. The van der Waals surface area contributed by atoms with Crippen molar-refractivity contribution in [2.75, 3.05) is 5.32 Å². The van der Waals surface area contributed by atoms with Crippen molar-refractivity contribution in [2.45, 2.75) is 13.5 Å². The highest BCUT2D eigenvalue weighted by atomic mass is 16.6. The summed E-state index contributed by atoms with van der Waals surface area (Å²) in [4.78, 5) is 32.0. The van der Waals surface area contributed by atoms with Crippen LogP contribution in [0.4, 0.5) is 17.2 Å². The predicted octanol–water partition coefficient (Wildman–Crippen LogP) is 1.65. The minimum atomic E-state index is -0.626. The lowest BCUT2D eigenvalue weighted by Gasteiger charge is -2.03. The molecule has 22 heavy (non-hydrogen) atoms. The fourth-order valence-electron chi connectivity index (χ4n) is 1.80. The third-order valence-corrected chi connectivity index (χ3v) is 2.72. The molecule has 0 bridgehead atoms. The van der Waals surface area contributed by atoms with Gasteiger partial charge in [0.15, 0.2) is 6.54 Å². The topological polar surface area (TPSA) is 133 Å². The zero-order valence-corrected chi connectivity index (χ0v) is 11.4. The Morgan fingerprint density at radius 2 is 1.86 bits per heavy atom. The lowest BCUT2D eigenvalue weighted by Crippen LogP contribution is -2.20. The largest absolute Gasteiger partial charge is 0.358 e. The van der Waals surface area contributed by atoms with Gasteiger partial charge in [0.25, 0.3) is 11.6 Å². The summed E-state index contributed by atoms with van der Waals surface area (Å²) >= 11 is 0. The van der Waals surface area contributed by atoms with Crippen molar-refractivity contribution in [1.29, 1.82) is 0 Å². The normalized spacial score (nSPS) is 10.2. The summed E-state index contributed by atoms with van der Waals surface area (Å²) in [5.74, 6) is -0.809. The minimum Gasteiger partial charge on any atom is -0.358 e. The molecule has 0 aliphatic heterocycles. The zero-order valence-electron chi connectivity index (χ0n) is 11.4. The van der Waals surface area contributed by atoms with Crippen molar-refractivity contribution in [3.63, 3.8) is 0 Å². The lowest BCUT2D eigenvalue weighted by atomic mass is 10.3. The molecule has 1 aromatic carbocycles. The van der Waals surface area contributed by atoms with E-state index in [2.05, 4.69) is 10.4 Å². The van der Waals surface area contributed by atoms with Crippen LogP contribution in [0.2, 0.25) is 0 Å². The monoisotopic (exact) mass is 305 g/mol. The Bertz CT molecular complexity index is 737. The number of anilines is 1. The van der Waals surface area contributed by atoms with Crippen molar-refractivity contribution in [1.82, 2.24) is 9.78 Å². The quantitative estimate of drug-likeness (QED) is 0.659. The molecule has 10 nitrogen and oxygen atoms in total. The number of carbonyl (C=O) groups is 1. The first-order valence-electron chi connectivity index (χ1n) is 6.10. The second kappa shape index (κ2) is 5.99. The Labute approximate surface area is 123 Å². The fourth-order valence-corrected chi connectivity index (χ4v) is 1.80. The molecule has 0 aliphatic rings. The van der Waals surface area contributed by atoms with E-state index in [1.54, 1.807) is 6.92 Å². The number of carbonyl (C=O) groups excluding carboxylic acids is 1. The second-order valence-electron chi connectivity index (χ2n) is 4.41. The molecule has 1 aromatic heterocycles. The van der Waals surface area contributed by atoms with Crippen LogP contribution in [0.25, 0.3) is 0 Å². The third kappa shape index (κ3) is 3.42. The van der Waals surface area contributed by atoms with Crippen LogP contribution < -0.4 is 5.32 Å². The molecule has 0 saturated heterocycles. The van der Waals surface area contributed by atoms with E-state index in [9.17, 15) is 25.0 Å². The van der Waals surface area contributed by atoms with E-state index in [-0.39, 0.29) is 18.1 Å². The first-order valence-corrected chi connectivity index (χ1v) is 6.10. The Balaban J connectivity index is 2.07. The average Bonchev–Trinajstić information content (AvgIpc) is 2.80. The molecule has 0 atom stereocenters. The summed E-state index contributed by atoms with van der Waals surface area (Å²) in [7, 11) is 0. The average molecular weight is 305 g/mol. The van der Waals surface area contributed by atoms with Crippen molar-refractivity contribution in [3.05, 3.63) is 56.3 Å². The van der Waals surface area contributed by atoms with E-state index in [1.165, 1.54) is 30.3 Å². The molecule has 0 unspecified atom stereocenters. The number of hydrogen-bond acceptors (Lipinski definition) is 6. The number of benzene rings is 1. The molecule has 10 heteroatoms. The van der Waals surface area contributed by atoms with Gasteiger partial charge < -0.3 is 15.4 Å². The zero-order chi connectivity index (χ0) is 16.3.